The third-order valence-corrected chi connectivity index (χ3v) is 3.98. The summed E-state index contributed by atoms with van der Waals surface area (Å²) in [5, 5.41) is 9.54. The van der Waals surface area contributed by atoms with Crippen LogP contribution in [-0.2, 0) is 7.05 Å². The molecule has 104 valence electrons. The smallest absolute Gasteiger partial charge is 0.258 e. The summed E-state index contributed by atoms with van der Waals surface area (Å²) in [6.07, 6.45) is 5.56. The van der Waals surface area contributed by atoms with E-state index in [-0.39, 0.29) is 11.5 Å². The molecule has 0 aliphatic heterocycles. The maximum absolute atomic E-state index is 12.3. The highest BCUT2D eigenvalue weighted by atomic mass is 79.9. The fourth-order valence-electron chi connectivity index (χ4n) is 2.05. The van der Waals surface area contributed by atoms with Gasteiger partial charge in [-0.1, -0.05) is 0 Å². The zero-order valence-corrected chi connectivity index (χ0v) is 12.4. The van der Waals surface area contributed by atoms with Crippen molar-refractivity contribution in [3.63, 3.8) is 0 Å². The Labute approximate surface area is 123 Å². The molecule has 2 heterocycles. The molecule has 1 aliphatic carbocycles. The number of halogens is 1. The minimum absolute atomic E-state index is 0.231. The van der Waals surface area contributed by atoms with Gasteiger partial charge in [0, 0.05) is 29.3 Å². The van der Waals surface area contributed by atoms with Crippen LogP contribution in [0.5, 0.6) is 0 Å². The molecular weight excluding hydrogens is 324 g/mol. The van der Waals surface area contributed by atoms with E-state index in [1.165, 1.54) is 10.6 Å². The lowest BCUT2D eigenvalue weighted by molar-refractivity contribution is 0.102. The summed E-state index contributed by atoms with van der Waals surface area (Å²) < 4.78 is 1.98. The van der Waals surface area contributed by atoms with E-state index in [1.54, 1.807) is 19.4 Å². The zero-order valence-electron chi connectivity index (χ0n) is 10.8. The van der Waals surface area contributed by atoms with Crippen LogP contribution in [-0.4, -0.2) is 20.7 Å². The molecule has 0 spiro atoms. The molecular formula is C13H13BrN4O2. The zero-order chi connectivity index (χ0) is 14.3. The highest BCUT2D eigenvalue weighted by Crippen LogP contribution is 2.42. The summed E-state index contributed by atoms with van der Waals surface area (Å²) in [6.45, 7) is 0. The van der Waals surface area contributed by atoms with Gasteiger partial charge in [-0.15, -0.1) is 0 Å². The van der Waals surface area contributed by atoms with Gasteiger partial charge in [-0.2, -0.15) is 5.10 Å². The normalized spacial score (nSPS) is 14.3. The fourth-order valence-corrected chi connectivity index (χ4v) is 2.65. The van der Waals surface area contributed by atoms with E-state index in [1.807, 2.05) is 0 Å². The molecule has 2 aromatic rings. The molecule has 7 heteroatoms. The van der Waals surface area contributed by atoms with Gasteiger partial charge in [0.15, 0.2) is 0 Å². The number of aromatic nitrogens is 3. The van der Waals surface area contributed by atoms with Crippen molar-refractivity contribution < 1.29 is 4.79 Å². The average molecular weight is 337 g/mol. The number of carbonyl (C=O) groups excluding carboxylic acids is 1. The fraction of sp³-hybridized carbons (Fsp3) is 0.308. The van der Waals surface area contributed by atoms with Crippen molar-refractivity contribution in [2.24, 2.45) is 7.05 Å². The van der Waals surface area contributed by atoms with Crippen molar-refractivity contribution >= 4 is 27.7 Å². The van der Waals surface area contributed by atoms with Crippen LogP contribution < -0.4 is 10.9 Å². The Kier molecular flexibility index (Phi) is 3.21. The molecule has 2 aromatic heterocycles. The second-order valence-electron chi connectivity index (χ2n) is 4.91. The van der Waals surface area contributed by atoms with Crippen LogP contribution in [0.25, 0.3) is 0 Å². The monoisotopic (exact) mass is 336 g/mol. The van der Waals surface area contributed by atoms with Gasteiger partial charge in [-0.25, -0.2) is 0 Å². The number of hydrogen-bond acceptors (Lipinski definition) is 3. The molecule has 0 atom stereocenters. The second-order valence-corrected chi connectivity index (χ2v) is 5.77. The Morgan fingerprint density at radius 1 is 1.55 bits per heavy atom. The Balaban J connectivity index is 1.88. The summed E-state index contributed by atoms with van der Waals surface area (Å²) in [4.78, 5) is 23.9. The number of H-pyrrole nitrogens is 1. The van der Waals surface area contributed by atoms with Crippen LogP contribution in [0.3, 0.4) is 0 Å². The topological polar surface area (TPSA) is 79.8 Å². The van der Waals surface area contributed by atoms with E-state index in [0.717, 1.165) is 18.4 Å². The minimum atomic E-state index is -0.333. The Bertz CT molecular complexity index is 730. The quantitative estimate of drug-likeness (QED) is 0.899. The van der Waals surface area contributed by atoms with Crippen LogP contribution in [0.2, 0.25) is 0 Å². The molecule has 1 saturated carbocycles. The number of anilines is 1. The lowest BCUT2D eigenvalue weighted by Crippen LogP contribution is -2.21. The number of carbonyl (C=O) groups is 1. The van der Waals surface area contributed by atoms with E-state index in [4.69, 9.17) is 0 Å². The summed E-state index contributed by atoms with van der Waals surface area (Å²) >= 11 is 3.30. The van der Waals surface area contributed by atoms with Crippen LogP contribution in [0.4, 0.5) is 5.82 Å². The molecule has 1 aliphatic rings. The van der Waals surface area contributed by atoms with E-state index >= 15 is 0 Å². The summed E-state index contributed by atoms with van der Waals surface area (Å²) in [6, 6.07) is 1.31. The second kappa shape index (κ2) is 4.90. The standard InChI is InChI=1S/C13H13BrN4O2/c1-18-6-10(14)8(4-11(18)19)13(20)16-12-9(5-15-17-12)7-2-3-7/h4-7H,2-3H2,1H3,(H2,15,16,17,20). The first-order chi connectivity index (χ1) is 9.56. The summed E-state index contributed by atoms with van der Waals surface area (Å²) in [7, 11) is 1.63. The molecule has 3 rings (SSSR count). The van der Waals surface area contributed by atoms with Gasteiger partial charge in [0.05, 0.1) is 11.8 Å². The SMILES string of the molecule is Cn1cc(Br)c(C(=O)Nc2[nH]ncc2C2CC2)cc1=O. The largest absolute Gasteiger partial charge is 0.317 e. The molecule has 1 amide bonds. The number of nitrogens with one attached hydrogen (secondary N) is 2. The lowest BCUT2D eigenvalue weighted by Gasteiger charge is -2.07. The molecule has 0 radical (unpaired) electrons. The van der Waals surface area contributed by atoms with Gasteiger partial charge < -0.3 is 9.88 Å². The molecule has 0 unspecified atom stereocenters. The van der Waals surface area contributed by atoms with Crippen molar-refractivity contribution in [3.8, 4) is 0 Å². The number of rotatable bonds is 3. The highest BCUT2D eigenvalue weighted by molar-refractivity contribution is 9.10. The molecule has 20 heavy (non-hydrogen) atoms. The third kappa shape index (κ3) is 2.40. The molecule has 6 nitrogen and oxygen atoms in total. The van der Waals surface area contributed by atoms with Crippen molar-refractivity contribution in [2.75, 3.05) is 5.32 Å². The van der Waals surface area contributed by atoms with Gasteiger partial charge in [-0.05, 0) is 34.7 Å². The van der Waals surface area contributed by atoms with Gasteiger partial charge in [0.2, 0.25) is 0 Å². The van der Waals surface area contributed by atoms with Crippen molar-refractivity contribution in [3.05, 3.63) is 44.4 Å². The predicted molar refractivity (Wildman–Crippen MR) is 77.9 cm³/mol. The van der Waals surface area contributed by atoms with Crippen LogP contribution in [0.1, 0.15) is 34.7 Å². The molecule has 0 saturated heterocycles. The number of pyridine rings is 1. The van der Waals surface area contributed by atoms with Gasteiger partial charge in [0.1, 0.15) is 5.82 Å². The van der Waals surface area contributed by atoms with E-state index in [9.17, 15) is 9.59 Å². The molecule has 2 N–H and O–H groups in total. The number of aryl methyl sites for hydroxylation is 1. The lowest BCUT2D eigenvalue weighted by atomic mass is 10.2. The maximum Gasteiger partial charge on any atom is 0.258 e. The minimum Gasteiger partial charge on any atom is -0.317 e. The predicted octanol–water partition coefficient (Wildman–Crippen LogP) is 2.00. The summed E-state index contributed by atoms with van der Waals surface area (Å²) in [5.74, 6) is 0.766. The van der Waals surface area contributed by atoms with E-state index in [2.05, 4.69) is 31.4 Å². The third-order valence-electron chi connectivity index (χ3n) is 3.35. The molecule has 1 fully saturated rings. The number of nitrogens with zero attached hydrogens (tertiary/aromatic N) is 2. The number of hydrogen-bond donors (Lipinski definition) is 2. The Hall–Kier alpha value is -1.89. The average Bonchev–Trinajstić information content (AvgIpc) is 3.14. The van der Waals surface area contributed by atoms with Crippen molar-refractivity contribution in [1.29, 1.82) is 0 Å². The number of aromatic amines is 1. The molecule has 0 bridgehead atoms. The van der Waals surface area contributed by atoms with Crippen LogP contribution in [0, 0.1) is 0 Å². The van der Waals surface area contributed by atoms with Gasteiger partial charge >= 0.3 is 0 Å². The van der Waals surface area contributed by atoms with E-state index in [0.29, 0.717) is 21.8 Å². The van der Waals surface area contributed by atoms with Crippen LogP contribution >= 0.6 is 15.9 Å². The first-order valence-electron chi connectivity index (χ1n) is 6.27. The Morgan fingerprint density at radius 3 is 3.00 bits per heavy atom. The molecule has 0 aromatic carbocycles. The maximum atomic E-state index is 12.3. The van der Waals surface area contributed by atoms with Crippen molar-refractivity contribution in [2.45, 2.75) is 18.8 Å². The summed E-state index contributed by atoms with van der Waals surface area (Å²) in [5.41, 5.74) is 1.10. The first-order valence-corrected chi connectivity index (χ1v) is 7.06. The number of amides is 1. The highest BCUT2D eigenvalue weighted by Gasteiger charge is 2.28. The van der Waals surface area contributed by atoms with Gasteiger partial charge in [-0.3, -0.25) is 14.7 Å². The van der Waals surface area contributed by atoms with Crippen LogP contribution in [0.15, 0.2) is 27.7 Å². The van der Waals surface area contributed by atoms with E-state index < -0.39 is 0 Å². The Morgan fingerprint density at radius 2 is 2.30 bits per heavy atom. The van der Waals surface area contributed by atoms with Gasteiger partial charge in [0.25, 0.3) is 11.5 Å². The van der Waals surface area contributed by atoms with Crippen molar-refractivity contribution in [1.82, 2.24) is 14.8 Å². The first kappa shape index (κ1) is 13.1.